The molecule has 0 saturated heterocycles. The van der Waals surface area contributed by atoms with Crippen molar-refractivity contribution >= 4 is 22.8 Å². The second-order valence-electron chi connectivity index (χ2n) is 4.91. The summed E-state index contributed by atoms with van der Waals surface area (Å²) in [4.78, 5) is 16.3. The molecule has 3 rings (SSSR count). The van der Waals surface area contributed by atoms with Gasteiger partial charge in [-0.15, -0.1) is 0 Å². The lowest BCUT2D eigenvalue weighted by Crippen LogP contribution is -2.10. The van der Waals surface area contributed by atoms with Crippen molar-refractivity contribution in [2.45, 2.75) is 26.8 Å². The number of aromatic nitrogens is 4. The first kappa shape index (κ1) is 13.4. The Morgan fingerprint density at radius 3 is 2.76 bits per heavy atom. The number of nitrogens with two attached hydrogens (primary N) is 1. The smallest absolute Gasteiger partial charge is 0.222 e. The summed E-state index contributed by atoms with van der Waals surface area (Å²) in [5.41, 5.74) is 9.74. The molecule has 0 radical (unpaired) electrons. The molecule has 0 fully saturated rings. The lowest BCUT2D eigenvalue weighted by Gasteiger charge is -2.10. The summed E-state index contributed by atoms with van der Waals surface area (Å²) in [6.45, 7) is 4.62. The van der Waals surface area contributed by atoms with Gasteiger partial charge in [0.2, 0.25) is 5.95 Å². The fourth-order valence-electron chi connectivity index (χ4n) is 2.36. The molecular weight excluding hydrogens is 264 g/mol. The summed E-state index contributed by atoms with van der Waals surface area (Å²) < 4.78 is 0. The number of rotatable bonds is 4. The van der Waals surface area contributed by atoms with Gasteiger partial charge in [-0.05, 0) is 25.5 Å². The third kappa shape index (κ3) is 2.65. The third-order valence-corrected chi connectivity index (χ3v) is 3.46. The van der Waals surface area contributed by atoms with Crippen LogP contribution in [0.5, 0.6) is 0 Å². The number of anilines is 2. The Hall–Kier alpha value is -2.63. The van der Waals surface area contributed by atoms with Gasteiger partial charge in [0.1, 0.15) is 11.6 Å². The number of benzene rings is 1. The zero-order valence-corrected chi connectivity index (χ0v) is 12.1. The topological polar surface area (TPSA) is 92.5 Å². The van der Waals surface area contributed by atoms with Gasteiger partial charge in [0.15, 0.2) is 0 Å². The number of para-hydroxylation sites is 2. The maximum atomic E-state index is 5.75. The Balaban J connectivity index is 1.82. The highest BCUT2D eigenvalue weighted by Crippen LogP contribution is 2.18. The predicted molar refractivity (Wildman–Crippen MR) is 84.0 cm³/mol. The number of aryl methyl sites for hydroxylation is 1. The summed E-state index contributed by atoms with van der Waals surface area (Å²) in [5.74, 6) is 1.93. The highest BCUT2D eigenvalue weighted by molar-refractivity contribution is 5.74. The van der Waals surface area contributed by atoms with E-state index in [9.17, 15) is 0 Å². The highest BCUT2D eigenvalue weighted by atomic mass is 15.1. The van der Waals surface area contributed by atoms with E-state index < -0.39 is 0 Å². The predicted octanol–water partition coefficient (Wildman–Crippen LogP) is 2.42. The van der Waals surface area contributed by atoms with E-state index in [0.717, 1.165) is 40.4 Å². The maximum absolute atomic E-state index is 5.75. The standard InChI is InChI=1S/C15H18N6/c1-3-10-9(2)14(21-15(16)20-10)17-8-13-18-11-6-4-5-7-12(11)19-13/h4-7H,3,8H2,1-2H3,(H,18,19)(H3,16,17,20,21). The van der Waals surface area contributed by atoms with Crippen molar-refractivity contribution in [3.05, 3.63) is 41.3 Å². The van der Waals surface area contributed by atoms with Crippen LogP contribution in [0.1, 0.15) is 24.0 Å². The molecule has 108 valence electrons. The first-order valence-corrected chi connectivity index (χ1v) is 6.98. The van der Waals surface area contributed by atoms with Crippen molar-refractivity contribution in [1.82, 2.24) is 19.9 Å². The van der Waals surface area contributed by atoms with Crippen molar-refractivity contribution in [2.24, 2.45) is 0 Å². The molecule has 3 aromatic rings. The average molecular weight is 282 g/mol. The fraction of sp³-hybridized carbons (Fsp3) is 0.267. The van der Waals surface area contributed by atoms with Crippen LogP contribution in [0.4, 0.5) is 11.8 Å². The van der Waals surface area contributed by atoms with E-state index in [1.807, 2.05) is 31.2 Å². The number of fused-ring (bicyclic) bond motifs is 1. The molecule has 1 aromatic carbocycles. The second-order valence-corrected chi connectivity index (χ2v) is 4.91. The molecule has 0 aliphatic rings. The van der Waals surface area contributed by atoms with Gasteiger partial charge in [-0.3, -0.25) is 0 Å². The molecule has 4 N–H and O–H groups in total. The number of imidazole rings is 1. The Bertz CT molecular complexity index is 744. The molecule has 6 heteroatoms. The fourth-order valence-corrected chi connectivity index (χ4v) is 2.36. The molecule has 2 aromatic heterocycles. The van der Waals surface area contributed by atoms with Crippen LogP contribution in [0.25, 0.3) is 11.0 Å². The van der Waals surface area contributed by atoms with E-state index >= 15 is 0 Å². The third-order valence-electron chi connectivity index (χ3n) is 3.46. The lowest BCUT2D eigenvalue weighted by molar-refractivity contribution is 0.950. The number of hydrogen-bond acceptors (Lipinski definition) is 5. The summed E-state index contributed by atoms with van der Waals surface area (Å²) in [5, 5.41) is 3.28. The number of aromatic amines is 1. The van der Waals surface area contributed by atoms with Crippen LogP contribution in [-0.2, 0) is 13.0 Å². The first-order valence-electron chi connectivity index (χ1n) is 6.98. The summed E-state index contributed by atoms with van der Waals surface area (Å²) in [6.07, 6.45) is 0.831. The molecule has 0 spiro atoms. The lowest BCUT2D eigenvalue weighted by atomic mass is 10.2. The SMILES string of the molecule is CCc1nc(N)nc(NCc2nc3ccccc3[nH]2)c1C. The molecule has 6 nitrogen and oxygen atoms in total. The summed E-state index contributed by atoms with van der Waals surface area (Å²) >= 11 is 0. The van der Waals surface area contributed by atoms with Gasteiger partial charge in [0.05, 0.1) is 23.3 Å². The Labute approximate surface area is 122 Å². The van der Waals surface area contributed by atoms with Gasteiger partial charge in [-0.25, -0.2) is 9.97 Å². The van der Waals surface area contributed by atoms with Crippen LogP contribution in [0.2, 0.25) is 0 Å². The monoisotopic (exact) mass is 282 g/mol. The largest absolute Gasteiger partial charge is 0.368 e. The molecular formula is C15H18N6. The molecule has 21 heavy (non-hydrogen) atoms. The van der Waals surface area contributed by atoms with Gasteiger partial charge in [0, 0.05) is 5.56 Å². The number of nitrogen functional groups attached to an aromatic ring is 1. The molecule has 0 amide bonds. The van der Waals surface area contributed by atoms with Crippen molar-refractivity contribution < 1.29 is 0 Å². The first-order chi connectivity index (χ1) is 10.2. The highest BCUT2D eigenvalue weighted by Gasteiger charge is 2.09. The van der Waals surface area contributed by atoms with Crippen molar-refractivity contribution in [3.8, 4) is 0 Å². The van der Waals surface area contributed by atoms with Gasteiger partial charge in [-0.1, -0.05) is 19.1 Å². The molecule has 0 saturated carbocycles. The van der Waals surface area contributed by atoms with E-state index in [0.29, 0.717) is 12.5 Å². The zero-order valence-electron chi connectivity index (χ0n) is 12.1. The van der Waals surface area contributed by atoms with E-state index in [4.69, 9.17) is 5.73 Å². The molecule has 0 unspecified atom stereocenters. The number of nitrogens with one attached hydrogen (secondary N) is 2. The van der Waals surface area contributed by atoms with E-state index in [2.05, 4.69) is 32.2 Å². The minimum absolute atomic E-state index is 0.296. The van der Waals surface area contributed by atoms with Crippen LogP contribution < -0.4 is 11.1 Å². The van der Waals surface area contributed by atoms with Crippen molar-refractivity contribution in [1.29, 1.82) is 0 Å². The van der Waals surface area contributed by atoms with Gasteiger partial charge >= 0.3 is 0 Å². The average Bonchev–Trinajstić information content (AvgIpc) is 2.90. The Morgan fingerprint density at radius 2 is 2.00 bits per heavy atom. The molecule has 0 aliphatic carbocycles. The van der Waals surface area contributed by atoms with Crippen LogP contribution in [0.15, 0.2) is 24.3 Å². The van der Waals surface area contributed by atoms with Crippen molar-refractivity contribution in [3.63, 3.8) is 0 Å². The quantitative estimate of drug-likeness (QED) is 0.683. The van der Waals surface area contributed by atoms with Crippen LogP contribution in [-0.4, -0.2) is 19.9 Å². The molecule has 0 atom stereocenters. The summed E-state index contributed by atoms with van der Waals surface area (Å²) in [7, 11) is 0. The van der Waals surface area contributed by atoms with Gasteiger partial charge in [-0.2, -0.15) is 4.98 Å². The number of hydrogen-bond donors (Lipinski definition) is 3. The Kier molecular flexibility index (Phi) is 3.43. The van der Waals surface area contributed by atoms with Gasteiger partial charge in [0.25, 0.3) is 0 Å². The second kappa shape index (κ2) is 5.40. The minimum atomic E-state index is 0.296. The Morgan fingerprint density at radius 1 is 1.19 bits per heavy atom. The number of nitrogens with zero attached hydrogens (tertiary/aromatic N) is 3. The van der Waals surface area contributed by atoms with E-state index in [-0.39, 0.29) is 0 Å². The minimum Gasteiger partial charge on any atom is -0.368 e. The van der Waals surface area contributed by atoms with E-state index in [1.165, 1.54) is 0 Å². The van der Waals surface area contributed by atoms with Crippen LogP contribution in [0.3, 0.4) is 0 Å². The zero-order chi connectivity index (χ0) is 14.8. The number of H-pyrrole nitrogens is 1. The van der Waals surface area contributed by atoms with Crippen LogP contribution in [0, 0.1) is 6.92 Å². The maximum Gasteiger partial charge on any atom is 0.222 e. The summed E-state index contributed by atoms with van der Waals surface area (Å²) in [6, 6.07) is 7.96. The molecule has 0 aliphatic heterocycles. The molecule has 0 bridgehead atoms. The normalized spacial score (nSPS) is 11.0. The molecule has 2 heterocycles. The van der Waals surface area contributed by atoms with Crippen molar-refractivity contribution in [2.75, 3.05) is 11.1 Å². The van der Waals surface area contributed by atoms with E-state index in [1.54, 1.807) is 0 Å². The van der Waals surface area contributed by atoms with Gasteiger partial charge < -0.3 is 16.0 Å². The van der Waals surface area contributed by atoms with Crippen LogP contribution >= 0.6 is 0 Å².